The molecule has 28 heavy (non-hydrogen) atoms. The average Bonchev–Trinajstić information content (AvgIpc) is 3.36. The lowest BCUT2D eigenvalue weighted by molar-refractivity contribution is 0.0513. The number of hydrogen-bond donors (Lipinski definition) is 0. The number of ether oxygens (including phenoxy) is 1. The van der Waals surface area contributed by atoms with Crippen LogP contribution in [0, 0.1) is 0 Å². The van der Waals surface area contributed by atoms with Gasteiger partial charge in [0.15, 0.2) is 5.69 Å². The van der Waals surface area contributed by atoms with Gasteiger partial charge < -0.3 is 14.2 Å². The lowest BCUT2D eigenvalue weighted by Crippen LogP contribution is -2.36. The van der Waals surface area contributed by atoms with E-state index >= 15 is 0 Å². The lowest BCUT2D eigenvalue weighted by Gasteiger charge is -2.27. The summed E-state index contributed by atoms with van der Waals surface area (Å²) in [5.41, 5.74) is 3.69. The predicted molar refractivity (Wildman–Crippen MR) is 103 cm³/mol. The van der Waals surface area contributed by atoms with Crippen molar-refractivity contribution < 1.29 is 14.3 Å². The third-order valence-corrected chi connectivity index (χ3v) is 5.02. The fourth-order valence-electron chi connectivity index (χ4n) is 3.59. The molecule has 144 valence electrons. The number of hydrogen-bond acceptors (Lipinski definition) is 4. The minimum Gasteiger partial charge on any atom is -0.461 e. The molecular formula is C21H22N4O3. The summed E-state index contributed by atoms with van der Waals surface area (Å²) in [6.07, 6.45) is 4.58. The van der Waals surface area contributed by atoms with Gasteiger partial charge in [0.1, 0.15) is 0 Å². The summed E-state index contributed by atoms with van der Waals surface area (Å²) in [6, 6.07) is 11.4. The molecule has 0 bridgehead atoms. The highest BCUT2D eigenvalue weighted by molar-refractivity contribution is 5.95. The number of nitrogens with zero attached hydrogens (tertiary/aromatic N) is 4. The van der Waals surface area contributed by atoms with E-state index in [4.69, 9.17) is 4.74 Å². The second-order valence-corrected chi connectivity index (χ2v) is 6.73. The molecule has 7 nitrogen and oxygen atoms in total. The van der Waals surface area contributed by atoms with Crippen LogP contribution >= 0.6 is 0 Å². The number of fused-ring (bicyclic) bond motifs is 1. The molecule has 1 aromatic carbocycles. The molecule has 1 aliphatic rings. The van der Waals surface area contributed by atoms with Gasteiger partial charge in [-0.2, -0.15) is 5.10 Å². The fraction of sp³-hybridized carbons (Fsp3) is 0.286. The number of benzene rings is 1. The second kappa shape index (κ2) is 7.34. The quantitative estimate of drug-likeness (QED) is 0.655. The maximum atomic E-state index is 13.0. The van der Waals surface area contributed by atoms with Gasteiger partial charge in [-0.15, -0.1) is 0 Å². The van der Waals surface area contributed by atoms with Gasteiger partial charge in [0.25, 0.3) is 5.91 Å². The van der Waals surface area contributed by atoms with Crippen molar-refractivity contribution in [2.24, 2.45) is 7.05 Å². The molecule has 0 saturated carbocycles. The highest BCUT2D eigenvalue weighted by Gasteiger charge is 2.30. The van der Waals surface area contributed by atoms with Crippen LogP contribution in [0.25, 0.3) is 5.69 Å². The molecule has 7 heteroatoms. The number of carbonyl (C=O) groups is 2. The molecule has 3 aromatic rings. The predicted octanol–water partition coefficient (Wildman–Crippen LogP) is 2.59. The third-order valence-electron chi connectivity index (χ3n) is 5.02. The van der Waals surface area contributed by atoms with E-state index in [1.165, 1.54) is 0 Å². The van der Waals surface area contributed by atoms with Crippen molar-refractivity contribution in [3.63, 3.8) is 0 Å². The first-order valence-electron chi connectivity index (χ1n) is 9.33. The van der Waals surface area contributed by atoms with E-state index in [1.54, 1.807) is 16.5 Å². The smallest absolute Gasteiger partial charge is 0.359 e. The third kappa shape index (κ3) is 3.19. The van der Waals surface area contributed by atoms with Gasteiger partial charge in [-0.05, 0) is 43.3 Å². The zero-order valence-electron chi connectivity index (χ0n) is 16.0. The molecular weight excluding hydrogens is 356 g/mol. The Kier molecular flexibility index (Phi) is 4.73. The summed E-state index contributed by atoms with van der Waals surface area (Å²) >= 11 is 0. The highest BCUT2D eigenvalue weighted by atomic mass is 16.5. The maximum Gasteiger partial charge on any atom is 0.359 e. The van der Waals surface area contributed by atoms with Crippen LogP contribution in [0.1, 0.15) is 39.0 Å². The molecule has 0 unspecified atom stereocenters. The van der Waals surface area contributed by atoms with Crippen LogP contribution in [0.15, 0.2) is 48.8 Å². The Morgan fingerprint density at radius 3 is 2.54 bits per heavy atom. The van der Waals surface area contributed by atoms with Gasteiger partial charge in [0.05, 0.1) is 13.2 Å². The van der Waals surface area contributed by atoms with E-state index in [0.717, 1.165) is 16.9 Å². The molecule has 3 heterocycles. The summed E-state index contributed by atoms with van der Waals surface area (Å²) in [6.45, 7) is 3.00. The first kappa shape index (κ1) is 18.0. The molecule has 2 aromatic heterocycles. The topological polar surface area (TPSA) is 69.4 Å². The number of aromatic nitrogens is 3. The van der Waals surface area contributed by atoms with Gasteiger partial charge in [0, 0.05) is 54.9 Å². The Bertz CT molecular complexity index is 1000. The Morgan fingerprint density at radius 1 is 1.14 bits per heavy atom. The first-order valence-corrected chi connectivity index (χ1v) is 9.33. The average molecular weight is 378 g/mol. The second-order valence-electron chi connectivity index (χ2n) is 6.73. The highest BCUT2D eigenvalue weighted by Crippen LogP contribution is 2.24. The first-order chi connectivity index (χ1) is 13.6. The van der Waals surface area contributed by atoms with Gasteiger partial charge in [-0.25, -0.2) is 4.79 Å². The van der Waals surface area contributed by atoms with Crippen LogP contribution in [0.2, 0.25) is 0 Å². The van der Waals surface area contributed by atoms with E-state index in [1.807, 2.05) is 60.4 Å². The van der Waals surface area contributed by atoms with Crippen molar-refractivity contribution in [2.75, 3.05) is 13.2 Å². The minimum atomic E-state index is -0.440. The van der Waals surface area contributed by atoms with Gasteiger partial charge >= 0.3 is 5.97 Å². The van der Waals surface area contributed by atoms with E-state index in [2.05, 4.69) is 5.10 Å². The van der Waals surface area contributed by atoms with Gasteiger partial charge in [0.2, 0.25) is 0 Å². The molecule has 0 atom stereocenters. The van der Waals surface area contributed by atoms with Crippen LogP contribution in [0.3, 0.4) is 0 Å². The molecule has 0 fully saturated rings. The Labute approximate surface area is 163 Å². The van der Waals surface area contributed by atoms with Crippen LogP contribution in [0.5, 0.6) is 0 Å². The number of amides is 1. The molecule has 0 spiro atoms. The van der Waals surface area contributed by atoms with Gasteiger partial charge in [-0.3, -0.25) is 9.48 Å². The van der Waals surface area contributed by atoms with Gasteiger partial charge in [-0.1, -0.05) is 0 Å². The number of aryl methyl sites for hydroxylation is 1. The summed E-state index contributed by atoms with van der Waals surface area (Å²) in [5, 5.41) is 4.32. The van der Waals surface area contributed by atoms with Crippen molar-refractivity contribution in [3.05, 3.63) is 71.3 Å². The Balaban J connectivity index is 1.55. The summed E-state index contributed by atoms with van der Waals surface area (Å²) in [4.78, 5) is 27.0. The van der Waals surface area contributed by atoms with Crippen molar-refractivity contribution >= 4 is 11.9 Å². The Morgan fingerprint density at radius 2 is 1.86 bits per heavy atom. The minimum absolute atomic E-state index is 0.0524. The van der Waals surface area contributed by atoms with E-state index in [0.29, 0.717) is 37.4 Å². The zero-order valence-corrected chi connectivity index (χ0v) is 16.0. The lowest BCUT2D eigenvalue weighted by atomic mass is 10.0. The fourth-order valence-corrected chi connectivity index (χ4v) is 3.59. The van der Waals surface area contributed by atoms with Crippen LogP contribution < -0.4 is 0 Å². The monoisotopic (exact) mass is 378 g/mol. The van der Waals surface area contributed by atoms with E-state index < -0.39 is 5.97 Å². The van der Waals surface area contributed by atoms with Crippen molar-refractivity contribution in [2.45, 2.75) is 19.9 Å². The molecule has 1 aliphatic heterocycles. The number of rotatable bonds is 4. The largest absolute Gasteiger partial charge is 0.461 e. The molecule has 0 saturated heterocycles. The zero-order chi connectivity index (χ0) is 19.7. The van der Waals surface area contributed by atoms with Crippen molar-refractivity contribution in [1.29, 1.82) is 0 Å². The molecule has 0 radical (unpaired) electrons. The number of esters is 1. The Hall–Kier alpha value is -3.35. The molecule has 0 aliphatic carbocycles. The normalized spacial score (nSPS) is 13.3. The van der Waals surface area contributed by atoms with Crippen LogP contribution in [-0.2, 0) is 24.8 Å². The summed E-state index contributed by atoms with van der Waals surface area (Å²) in [5.74, 6) is -0.493. The van der Waals surface area contributed by atoms with Crippen LogP contribution in [0.4, 0.5) is 0 Å². The van der Waals surface area contributed by atoms with Crippen LogP contribution in [-0.4, -0.2) is 44.3 Å². The summed E-state index contributed by atoms with van der Waals surface area (Å²) in [7, 11) is 1.82. The number of carbonyl (C=O) groups excluding carboxylic acids is 2. The maximum absolute atomic E-state index is 13.0. The molecule has 0 N–H and O–H groups in total. The van der Waals surface area contributed by atoms with E-state index in [9.17, 15) is 9.59 Å². The molecule has 1 amide bonds. The summed E-state index contributed by atoms with van der Waals surface area (Å²) < 4.78 is 8.82. The van der Waals surface area contributed by atoms with E-state index in [-0.39, 0.29) is 5.91 Å². The SMILES string of the molecule is CCOC(=O)c1nn(C)c2c1CN(C(=O)c1ccc(-n3cccc3)cc1)CC2. The van der Waals surface area contributed by atoms with Crippen molar-refractivity contribution in [3.8, 4) is 5.69 Å². The molecule has 4 rings (SSSR count). The van der Waals surface area contributed by atoms with Crippen molar-refractivity contribution in [1.82, 2.24) is 19.2 Å². The standard InChI is InChI=1S/C21H22N4O3/c1-3-28-21(27)19-17-14-25(13-10-18(17)23(2)22-19)20(26)15-6-8-16(9-7-15)24-11-4-5-12-24/h4-9,11-12H,3,10,13-14H2,1-2H3.